The Kier molecular flexibility index (Phi) is 4.37. The molecule has 0 aliphatic heterocycles. The van der Waals surface area contributed by atoms with E-state index in [1.807, 2.05) is 6.92 Å². The molecule has 3 aromatic rings. The summed E-state index contributed by atoms with van der Waals surface area (Å²) in [6.45, 7) is 3.56. The van der Waals surface area contributed by atoms with Crippen molar-refractivity contribution in [3.05, 3.63) is 46.1 Å². The van der Waals surface area contributed by atoms with E-state index in [1.165, 1.54) is 30.6 Å². The Hall–Kier alpha value is -3.00. The molecule has 0 radical (unpaired) electrons. The van der Waals surface area contributed by atoms with Crippen LogP contribution in [0.1, 0.15) is 31.4 Å². The highest BCUT2D eigenvalue weighted by Crippen LogP contribution is 2.35. The lowest BCUT2D eigenvalue weighted by Gasteiger charge is -2.09. The van der Waals surface area contributed by atoms with Gasteiger partial charge in [0.05, 0.1) is 18.1 Å². The van der Waals surface area contributed by atoms with Gasteiger partial charge in [-0.25, -0.2) is 19.6 Å². The van der Waals surface area contributed by atoms with Crippen LogP contribution in [0.5, 0.6) is 0 Å². The van der Waals surface area contributed by atoms with Crippen LogP contribution in [-0.4, -0.2) is 34.1 Å². The average molecular weight is 357 g/mol. The van der Waals surface area contributed by atoms with Crippen molar-refractivity contribution in [1.82, 2.24) is 9.97 Å². The second kappa shape index (κ2) is 6.48. The Balaban J connectivity index is 2.12. The molecule has 25 heavy (non-hydrogen) atoms. The normalized spacial score (nSPS) is 10.7. The number of methoxy groups -OCH3 is 1. The summed E-state index contributed by atoms with van der Waals surface area (Å²) >= 11 is 1.24. The number of aromatic nitrogens is 2. The summed E-state index contributed by atoms with van der Waals surface area (Å²) in [5.41, 5.74) is 1.48. The van der Waals surface area contributed by atoms with Crippen LogP contribution in [0, 0.1) is 13.8 Å². The molecule has 0 saturated carbocycles. The maximum Gasteiger partial charge on any atom is 0.348 e. The molecule has 0 saturated heterocycles. The summed E-state index contributed by atoms with van der Waals surface area (Å²) in [6.07, 6.45) is 0. The summed E-state index contributed by atoms with van der Waals surface area (Å²) < 4.78 is 4.81. The molecule has 0 bridgehead atoms. The van der Waals surface area contributed by atoms with Gasteiger partial charge in [-0.15, -0.1) is 11.3 Å². The molecule has 2 heterocycles. The van der Waals surface area contributed by atoms with Gasteiger partial charge >= 0.3 is 11.9 Å². The van der Waals surface area contributed by atoms with E-state index in [1.54, 1.807) is 19.1 Å². The highest BCUT2D eigenvalue weighted by Gasteiger charge is 2.20. The highest BCUT2D eigenvalue weighted by molar-refractivity contribution is 7.20. The molecule has 0 unspecified atom stereocenters. The van der Waals surface area contributed by atoms with Crippen molar-refractivity contribution in [2.75, 3.05) is 12.4 Å². The summed E-state index contributed by atoms with van der Waals surface area (Å²) in [5.74, 6) is -0.361. The SMILES string of the molecule is COC(=O)c1sc2nc(C)nc(Nc3cccc(C(=O)O)c3)c2c1C. The molecule has 0 atom stereocenters. The number of nitrogens with one attached hydrogen (secondary N) is 1. The molecule has 0 amide bonds. The molecule has 3 rings (SSSR count). The zero-order valence-electron chi connectivity index (χ0n) is 13.8. The predicted octanol–water partition coefficient (Wildman–Crippen LogP) is 3.54. The minimum atomic E-state index is -1.01. The third kappa shape index (κ3) is 3.16. The number of hydrogen-bond donors (Lipinski definition) is 2. The maximum atomic E-state index is 11.9. The van der Waals surface area contributed by atoms with Gasteiger partial charge in [-0.1, -0.05) is 6.07 Å². The fraction of sp³-hybridized carbons (Fsp3) is 0.176. The minimum absolute atomic E-state index is 0.171. The summed E-state index contributed by atoms with van der Waals surface area (Å²) in [4.78, 5) is 33.0. The first-order valence-corrected chi connectivity index (χ1v) is 8.18. The molecule has 0 spiro atoms. The van der Waals surface area contributed by atoms with Crippen LogP contribution >= 0.6 is 11.3 Å². The van der Waals surface area contributed by atoms with Crippen LogP contribution in [0.3, 0.4) is 0 Å². The number of anilines is 2. The van der Waals surface area contributed by atoms with E-state index in [4.69, 9.17) is 9.84 Å². The second-order valence-electron chi connectivity index (χ2n) is 5.36. The third-order valence-electron chi connectivity index (χ3n) is 3.65. The van der Waals surface area contributed by atoms with Crippen molar-refractivity contribution in [3.8, 4) is 0 Å². The fourth-order valence-electron chi connectivity index (χ4n) is 2.49. The number of ether oxygens (including phenoxy) is 1. The monoisotopic (exact) mass is 357 g/mol. The number of nitrogens with zero attached hydrogens (tertiary/aromatic N) is 2. The number of benzene rings is 1. The van der Waals surface area contributed by atoms with E-state index in [9.17, 15) is 9.59 Å². The lowest BCUT2D eigenvalue weighted by molar-refractivity contribution is 0.0604. The van der Waals surface area contributed by atoms with Crippen molar-refractivity contribution >= 4 is 45.0 Å². The van der Waals surface area contributed by atoms with Gasteiger partial charge in [0.1, 0.15) is 21.3 Å². The molecule has 0 fully saturated rings. The molecule has 0 aliphatic rings. The number of carboxylic acid groups (broad SMARTS) is 1. The van der Waals surface area contributed by atoms with Crippen molar-refractivity contribution in [2.24, 2.45) is 0 Å². The first-order valence-electron chi connectivity index (χ1n) is 7.37. The van der Waals surface area contributed by atoms with Crippen LogP contribution in [0.15, 0.2) is 24.3 Å². The van der Waals surface area contributed by atoms with Gasteiger partial charge in [0.25, 0.3) is 0 Å². The Morgan fingerprint density at radius 3 is 2.68 bits per heavy atom. The van der Waals surface area contributed by atoms with Crippen LogP contribution in [0.2, 0.25) is 0 Å². The zero-order valence-corrected chi connectivity index (χ0v) is 14.6. The first-order chi connectivity index (χ1) is 11.9. The van der Waals surface area contributed by atoms with E-state index >= 15 is 0 Å². The second-order valence-corrected chi connectivity index (χ2v) is 6.36. The van der Waals surface area contributed by atoms with Gasteiger partial charge in [0.15, 0.2) is 0 Å². The summed E-state index contributed by atoms with van der Waals surface area (Å²) in [7, 11) is 1.33. The van der Waals surface area contributed by atoms with Gasteiger partial charge in [0, 0.05) is 5.69 Å². The lowest BCUT2D eigenvalue weighted by Crippen LogP contribution is -2.02. The molecular formula is C17H15N3O4S. The molecule has 8 heteroatoms. The number of aryl methyl sites for hydroxylation is 2. The molecule has 128 valence electrons. The Morgan fingerprint density at radius 2 is 2.00 bits per heavy atom. The first kappa shape index (κ1) is 16.8. The fourth-order valence-corrected chi connectivity index (χ4v) is 3.63. The zero-order chi connectivity index (χ0) is 18.1. The smallest absolute Gasteiger partial charge is 0.348 e. The number of thiophene rings is 1. The largest absolute Gasteiger partial charge is 0.478 e. The van der Waals surface area contributed by atoms with Crippen molar-refractivity contribution in [1.29, 1.82) is 0 Å². The number of carboxylic acids is 1. The standard InChI is InChI=1S/C17H15N3O4S/c1-8-12-14(20-11-6-4-5-10(7-11)16(21)22)18-9(2)19-15(12)25-13(8)17(23)24-3/h4-7H,1-3H3,(H,21,22)(H,18,19,20). The number of carbonyl (C=O) groups excluding carboxylic acids is 1. The van der Waals surface area contributed by atoms with E-state index in [2.05, 4.69) is 15.3 Å². The van der Waals surface area contributed by atoms with Crippen LogP contribution in [-0.2, 0) is 4.74 Å². The number of fused-ring (bicyclic) bond motifs is 1. The lowest BCUT2D eigenvalue weighted by atomic mass is 10.1. The molecule has 0 aliphatic carbocycles. The van der Waals surface area contributed by atoms with Crippen molar-refractivity contribution < 1.29 is 19.4 Å². The Morgan fingerprint density at radius 1 is 1.24 bits per heavy atom. The van der Waals surface area contributed by atoms with Gasteiger partial charge in [-0.05, 0) is 37.6 Å². The number of carbonyl (C=O) groups is 2. The van der Waals surface area contributed by atoms with Crippen LogP contribution < -0.4 is 5.32 Å². The third-order valence-corrected chi connectivity index (χ3v) is 4.81. The predicted molar refractivity (Wildman–Crippen MR) is 94.9 cm³/mol. The van der Waals surface area contributed by atoms with E-state index in [0.29, 0.717) is 27.0 Å². The Labute approximate surface area is 147 Å². The number of hydrogen-bond acceptors (Lipinski definition) is 7. The van der Waals surface area contributed by atoms with Crippen molar-refractivity contribution in [2.45, 2.75) is 13.8 Å². The van der Waals surface area contributed by atoms with Gasteiger partial charge < -0.3 is 15.2 Å². The van der Waals surface area contributed by atoms with Crippen LogP contribution in [0.25, 0.3) is 10.2 Å². The van der Waals surface area contributed by atoms with Gasteiger partial charge in [0.2, 0.25) is 0 Å². The van der Waals surface area contributed by atoms with Gasteiger partial charge in [-0.2, -0.15) is 0 Å². The quantitative estimate of drug-likeness (QED) is 0.689. The Bertz CT molecular complexity index is 997. The average Bonchev–Trinajstić information content (AvgIpc) is 2.91. The number of esters is 1. The van der Waals surface area contributed by atoms with E-state index in [0.717, 1.165) is 10.9 Å². The molecule has 2 aromatic heterocycles. The van der Waals surface area contributed by atoms with Crippen LogP contribution in [0.4, 0.5) is 11.5 Å². The maximum absolute atomic E-state index is 11.9. The minimum Gasteiger partial charge on any atom is -0.478 e. The van der Waals surface area contributed by atoms with Crippen molar-refractivity contribution in [3.63, 3.8) is 0 Å². The van der Waals surface area contributed by atoms with E-state index < -0.39 is 11.9 Å². The molecule has 1 aromatic carbocycles. The number of rotatable bonds is 4. The van der Waals surface area contributed by atoms with Gasteiger partial charge in [-0.3, -0.25) is 0 Å². The summed E-state index contributed by atoms with van der Waals surface area (Å²) in [5, 5.41) is 13.0. The molecule has 7 nitrogen and oxygen atoms in total. The number of aromatic carboxylic acids is 1. The molecule has 2 N–H and O–H groups in total. The molecular weight excluding hydrogens is 342 g/mol. The topological polar surface area (TPSA) is 101 Å². The van der Waals surface area contributed by atoms with E-state index in [-0.39, 0.29) is 5.56 Å². The highest BCUT2D eigenvalue weighted by atomic mass is 32.1. The summed E-state index contributed by atoms with van der Waals surface area (Å²) in [6, 6.07) is 6.43.